The Morgan fingerprint density at radius 2 is 1.86 bits per heavy atom. The SMILES string of the molecule is CC(=O)Nc1ccc(CC(CCCc2c[nH]c3ccc(-n4cnnc4)cc23)N2CCNCC2)cc1. The summed E-state index contributed by atoms with van der Waals surface area (Å²) in [4.78, 5) is 17.4. The topological polar surface area (TPSA) is 90.9 Å². The van der Waals surface area contributed by atoms with Gasteiger partial charge in [-0.3, -0.25) is 14.3 Å². The van der Waals surface area contributed by atoms with Crippen molar-refractivity contribution in [3.8, 4) is 5.69 Å². The minimum Gasteiger partial charge on any atom is -0.361 e. The van der Waals surface area contributed by atoms with Crippen LogP contribution in [-0.4, -0.2) is 62.8 Å². The summed E-state index contributed by atoms with van der Waals surface area (Å²) in [5.74, 6) is -0.0393. The lowest BCUT2D eigenvalue weighted by molar-refractivity contribution is -0.114. The fourth-order valence-corrected chi connectivity index (χ4v) is 5.06. The third-order valence-electron chi connectivity index (χ3n) is 6.86. The molecule has 1 unspecified atom stereocenters. The largest absolute Gasteiger partial charge is 0.361 e. The highest BCUT2D eigenvalue weighted by molar-refractivity contribution is 5.88. The number of aromatic amines is 1. The van der Waals surface area contributed by atoms with Crippen LogP contribution in [0.4, 0.5) is 5.69 Å². The minimum absolute atomic E-state index is 0.0393. The Hall–Kier alpha value is -3.49. The molecule has 35 heavy (non-hydrogen) atoms. The lowest BCUT2D eigenvalue weighted by Gasteiger charge is -2.35. The number of carbonyl (C=O) groups is 1. The molecule has 3 N–H and O–H groups in total. The molecule has 182 valence electrons. The van der Waals surface area contributed by atoms with Crippen LogP contribution in [0.2, 0.25) is 0 Å². The number of hydrogen-bond acceptors (Lipinski definition) is 5. The van der Waals surface area contributed by atoms with Crippen LogP contribution >= 0.6 is 0 Å². The average molecular weight is 472 g/mol. The van der Waals surface area contributed by atoms with E-state index in [-0.39, 0.29) is 5.91 Å². The number of nitrogens with zero attached hydrogens (tertiary/aromatic N) is 4. The Kier molecular flexibility index (Phi) is 7.20. The molecule has 2 aromatic carbocycles. The number of carbonyl (C=O) groups excluding carboxylic acids is 1. The smallest absolute Gasteiger partial charge is 0.221 e. The molecule has 5 rings (SSSR count). The van der Waals surface area contributed by atoms with E-state index in [0.717, 1.165) is 68.8 Å². The molecule has 1 fully saturated rings. The van der Waals surface area contributed by atoms with Crippen molar-refractivity contribution in [3.63, 3.8) is 0 Å². The van der Waals surface area contributed by atoms with Gasteiger partial charge in [0.15, 0.2) is 0 Å². The summed E-state index contributed by atoms with van der Waals surface area (Å²) in [7, 11) is 0. The number of hydrogen-bond donors (Lipinski definition) is 3. The van der Waals surface area contributed by atoms with Crippen LogP contribution in [0.3, 0.4) is 0 Å². The molecule has 1 aliphatic heterocycles. The molecule has 2 aromatic heterocycles. The zero-order chi connectivity index (χ0) is 24.0. The number of aromatic nitrogens is 4. The molecule has 0 spiro atoms. The Bertz CT molecular complexity index is 1240. The second-order valence-electron chi connectivity index (χ2n) is 9.33. The maximum atomic E-state index is 11.3. The number of amides is 1. The highest BCUT2D eigenvalue weighted by atomic mass is 16.1. The van der Waals surface area contributed by atoms with Crippen molar-refractivity contribution in [2.24, 2.45) is 0 Å². The van der Waals surface area contributed by atoms with Crippen LogP contribution in [0.15, 0.2) is 61.3 Å². The van der Waals surface area contributed by atoms with Crippen molar-refractivity contribution in [3.05, 3.63) is 72.4 Å². The molecule has 1 amide bonds. The van der Waals surface area contributed by atoms with E-state index in [1.165, 1.54) is 23.4 Å². The van der Waals surface area contributed by atoms with Crippen molar-refractivity contribution in [1.29, 1.82) is 0 Å². The third-order valence-corrected chi connectivity index (χ3v) is 6.86. The third kappa shape index (κ3) is 5.78. The Morgan fingerprint density at radius 3 is 2.60 bits per heavy atom. The van der Waals surface area contributed by atoms with Gasteiger partial charge in [0.05, 0.1) is 0 Å². The first-order chi connectivity index (χ1) is 17.2. The van der Waals surface area contributed by atoms with Crippen LogP contribution in [0.5, 0.6) is 0 Å². The van der Waals surface area contributed by atoms with E-state index >= 15 is 0 Å². The van der Waals surface area contributed by atoms with E-state index in [4.69, 9.17) is 0 Å². The summed E-state index contributed by atoms with van der Waals surface area (Å²) in [6.45, 7) is 5.81. The quantitative estimate of drug-likeness (QED) is 0.347. The average Bonchev–Trinajstić information content (AvgIpc) is 3.55. The highest BCUT2D eigenvalue weighted by Crippen LogP contribution is 2.24. The molecule has 0 radical (unpaired) electrons. The second kappa shape index (κ2) is 10.8. The lowest BCUT2D eigenvalue weighted by Crippen LogP contribution is -2.49. The van der Waals surface area contributed by atoms with Crippen molar-refractivity contribution in [2.45, 2.75) is 38.6 Å². The van der Waals surface area contributed by atoms with E-state index in [2.05, 4.69) is 67.2 Å². The van der Waals surface area contributed by atoms with Gasteiger partial charge in [-0.15, -0.1) is 10.2 Å². The van der Waals surface area contributed by atoms with Crippen LogP contribution in [-0.2, 0) is 17.6 Å². The van der Waals surface area contributed by atoms with E-state index < -0.39 is 0 Å². The van der Waals surface area contributed by atoms with Gasteiger partial charge in [0, 0.05) is 67.6 Å². The lowest BCUT2D eigenvalue weighted by atomic mass is 9.97. The van der Waals surface area contributed by atoms with Crippen LogP contribution in [0, 0.1) is 0 Å². The van der Waals surface area contributed by atoms with Crippen molar-refractivity contribution in [2.75, 3.05) is 31.5 Å². The van der Waals surface area contributed by atoms with Crippen LogP contribution in [0.1, 0.15) is 30.9 Å². The van der Waals surface area contributed by atoms with Gasteiger partial charge in [0.2, 0.25) is 5.91 Å². The van der Waals surface area contributed by atoms with E-state index in [1.807, 2.05) is 16.7 Å². The molecule has 1 atom stereocenters. The summed E-state index contributed by atoms with van der Waals surface area (Å²) < 4.78 is 1.94. The van der Waals surface area contributed by atoms with Crippen molar-refractivity contribution >= 4 is 22.5 Å². The van der Waals surface area contributed by atoms with Gasteiger partial charge in [0.25, 0.3) is 0 Å². The number of benzene rings is 2. The van der Waals surface area contributed by atoms with Crippen molar-refractivity contribution in [1.82, 2.24) is 30.0 Å². The summed E-state index contributed by atoms with van der Waals surface area (Å²) >= 11 is 0. The number of fused-ring (bicyclic) bond motifs is 1. The monoisotopic (exact) mass is 471 g/mol. The van der Waals surface area contributed by atoms with Crippen LogP contribution < -0.4 is 10.6 Å². The summed E-state index contributed by atoms with van der Waals surface area (Å²) in [6, 6.07) is 15.2. The number of H-pyrrole nitrogens is 1. The van der Waals surface area contributed by atoms with Crippen molar-refractivity contribution < 1.29 is 4.79 Å². The maximum absolute atomic E-state index is 11.3. The van der Waals surface area contributed by atoms with Gasteiger partial charge in [-0.05, 0) is 67.1 Å². The van der Waals surface area contributed by atoms with Gasteiger partial charge in [-0.1, -0.05) is 12.1 Å². The zero-order valence-electron chi connectivity index (χ0n) is 20.2. The first-order valence-electron chi connectivity index (χ1n) is 12.4. The summed E-state index contributed by atoms with van der Waals surface area (Å²) in [6.07, 6.45) is 9.94. The molecular formula is C27H33N7O. The Labute approximate surface area is 205 Å². The van der Waals surface area contributed by atoms with Gasteiger partial charge >= 0.3 is 0 Å². The minimum atomic E-state index is -0.0393. The zero-order valence-corrected chi connectivity index (χ0v) is 20.2. The number of piperazine rings is 1. The fourth-order valence-electron chi connectivity index (χ4n) is 5.06. The molecule has 3 heterocycles. The number of nitrogens with one attached hydrogen (secondary N) is 3. The number of aryl methyl sites for hydroxylation is 1. The molecule has 0 bridgehead atoms. The fraction of sp³-hybridized carbons (Fsp3) is 0.370. The van der Waals surface area contributed by atoms with E-state index in [0.29, 0.717) is 6.04 Å². The molecule has 1 aliphatic rings. The van der Waals surface area contributed by atoms with Gasteiger partial charge in [-0.25, -0.2) is 0 Å². The molecule has 0 saturated carbocycles. The first-order valence-corrected chi connectivity index (χ1v) is 12.4. The van der Waals surface area contributed by atoms with E-state index in [1.54, 1.807) is 12.7 Å². The Balaban J connectivity index is 1.26. The summed E-state index contributed by atoms with van der Waals surface area (Å²) in [5.41, 5.74) is 5.76. The first kappa shape index (κ1) is 23.3. The van der Waals surface area contributed by atoms with E-state index in [9.17, 15) is 4.79 Å². The molecule has 1 saturated heterocycles. The van der Waals surface area contributed by atoms with Gasteiger partial charge in [-0.2, -0.15) is 0 Å². The molecule has 8 nitrogen and oxygen atoms in total. The molecular weight excluding hydrogens is 438 g/mol. The predicted molar refractivity (Wildman–Crippen MR) is 139 cm³/mol. The molecule has 8 heteroatoms. The standard InChI is InChI=1S/C27H33N7O/c1-20(35)32-23-7-5-21(6-8-23)15-24(33-13-11-28-12-14-33)4-2-3-22-17-29-27-10-9-25(16-26(22)27)34-18-30-31-19-34/h5-10,16-19,24,28-29H,2-4,11-15H2,1H3,(H,32,35). The number of anilines is 1. The Morgan fingerprint density at radius 1 is 1.09 bits per heavy atom. The van der Waals surface area contributed by atoms with Gasteiger partial charge < -0.3 is 15.6 Å². The second-order valence-corrected chi connectivity index (χ2v) is 9.33. The van der Waals surface area contributed by atoms with Crippen LogP contribution in [0.25, 0.3) is 16.6 Å². The molecule has 0 aliphatic carbocycles. The molecule has 4 aromatic rings. The predicted octanol–water partition coefficient (Wildman–Crippen LogP) is 3.55. The number of rotatable bonds is 9. The van der Waals surface area contributed by atoms with Gasteiger partial charge in [0.1, 0.15) is 12.7 Å². The highest BCUT2D eigenvalue weighted by Gasteiger charge is 2.21. The maximum Gasteiger partial charge on any atom is 0.221 e. The normalized spacial score (nSPS) is 15.3. The summed E-state index contributed by atoms with van der Waals surface area (Å²) in [5, 5.41) is 15.5.